The zero-order chi connectivity index (χ0) is 38.9. The van der Waals surface area contributed by atoms with Gasteiger partial charge in [0, 0.05) is 46.3 Å². The molecule has 12 aromatic rings. The van der Waals surface area contributed by atoms with Crippen molar-refractivity contribution in [1.29, 1.82) is 0 Å². The summed E-state index contributed by atoms with van der Waals surface area (Å²) < 4.78 is 11.2. The Bertz CT molecular complexity index is 3320. The molecule has 0 radical (unpaired) electrons. The smallest absolute Gasteiger partial charge is 0.145 e. The molecule has 0 saturated carbocycles. The number of fused-ring (bicyclic) bond motifs is 12. The van der Waals surface area contributed by atoms with Gasteiger partial charge in [-0.05, 0) is 104 Å². The van der Waals surface area contributed by atoms with Crippen molar-refractivity contribution in [2.24, 2.45) is 0 Å². The third-order valence-corrected chi connectivity index (χ3v) is 11.7. The molecular formula is C54H34N4O. The van der Waals surface area contributed by atoms with E-state index in [1.807, 2.05) is 12.4 Å². The van der Waals surface area contributed by atoms with E-state index >= 15 is 0 Å². The van der Waals surface area contributed by atoms with Gasteiger partial charge in [-0.15, -0.1) is 0 Å². The van der Waals surface area contributed by atoms with Crippen molar-refractivity contribution in [3.8, 4) is 56.0 Å². The molecule has 0 aliphatic heterocycles. The second kappa shape index (κ2) is 13.3. The average Bonchev–Trinajstić information content (AvgIpc) is 4.02. The predicted molar refractivity (Wildman–Crippen MR) is 242 cm³/mol. The van der Waals surface area contributed by atoms with E-state index in [9.17, 15) is 0 Å². The maximum Gasteiger partial charge on any atom is 0.145 e. The van der Waals surface area contributed by atoms with Crippen LogP contribution in [0.1, 0.15) is 0 Å². The van der Waals surface area contributed by atoms with Crippen molar-refractivity contribution in [1.82, 2.24) is 18.8 Å². The van der Waals surface area contributed by atoms with Gasteiger partial charge in [0.1, 0.15) is 22.8 Å². The van der Waals surface area contributed by atoms with Gasteiger partial charge in [-0.25, -0.2) is 9.97 Å². The Kier molecular flexibility index (Phi) is 7.47. The lowest BCUT2D eigenvalue weighted by Gasteiger charge is -2.18. The fraction of sp³-hybridized carbons (Fsp3) is 0. The van der Waals surface area contributed by atoms with Gasteiger partial charge in [0.25, 0.3) is 0 Å². The minimum Gasteiger partial charge on any atom is -0.457 e. The van der Waals surface area contributed by atoms with E-state index in [2.05, 4.69) is 203 Å². The largest absolute Gasteiger partial charge is 0.457 e. The lowest BCUT2D eigenvalue weighted by Crippen LogP contribution is -1.96. The standard InChI is InChI=1S/C54H34N4O/c1-5-13-35(14-6-1)41-25-27-47-51(49(41)37-17-9-3-10-18-37)43-23-21-39(33-45(43)53-55-29-31-57(47)53)59-40-22-24-44-46(34-40)54-56-30-32-58(54)48-28-26-42(36-15-7-2-8-16-36)50(52(44)48)38-19-11-4-12-20-38/h1-34H. The van der Waals surface area contributed by atoms with Crippen molar-refractivity contribution in [3.05, 3.63) is 207 Å². The van der Waals surface area contributed by atoms with Gasteiger partial charge >= 0.3 is 0 Å². The summed E-state index contributed by atoms with van der Waals surface area (Å²) in [5, 5.41) is 6.63. The Morgan fingerprint density at radius 2 is 0.746 bits per heavy atom. The summed E-state index contributed by atoms with van der Waals surface area (Å²) in [6, 6.07) is 64.5. The molecule has 0 fully saturated rings. The van der Waals surface area contributed by atoms with Crippen molar-refractivity contribution < 1.29 is 4.74 Å². The number of ether oxygens (including phenoxy) is 1. The summed E-state index contributed by atoms with van der Waals surface area (Å²) in [4.78, 5) is 9.77. The van der Waals surface area contributed by atoms with E-state index < -0.39 is 0 Å². The lowest BCUT2D eigenvalue weighted by atomic mass is 9.89. The van der Waals surface area contributed by atoms with Gasteiger partial charge in [0.15, 0.2) is 0 Å². The zero-order valence-corrected chi connectivity index (χ0v) is 31.8. The molecule has 276 valence electrons. The third kappa shape index (κ3) is 5.25. The molecule has 0 N–H and O–H groups in total. The number of aromatic nitrogens is 4. The molecule has 0 bridgehead atoms. The number of rotatable bonds is 6. The Hall–Kier alpha value is -8.02. The average molecular weight is 755 g/mol. The van der Waals surface area contributed by atoms with Crippen molar-refractivity contribution in [2.75, 3.05) is 0 Å². The first-order valence-electron chi connectivity index (χ1n) is 19.9. The highest BCUT2D eigenvalue weighted by Crippen LogP contribution is 2.45. The molecule has 4 heterocycles. The van der Waals surface area contributed by atoms with Crippen LogP contribution in [-0.2, 0) is 0 Å². The Morgan fingerprint density at radius 3 is 1.15 bits per heavy atom. The second-order valence-corrected chi connectivity index (χ2v) is 15.0. The fourth-order valence-corrected chi connectivity index (χ4v) is 9.17. The van der Waals surface area contributed by atoms with E-state index in [-0.39, 0.29) is 0 Å². The van der Waals surface area contributed by atoms with Crippen molar-refractivity contribution >= 4 is 54.6 Å². The maximum atomic E-state index is 6.81. The number of pyridine rings is 2. The second-order valence-electron chi connectivity index (χ2n) is 15.0. The number of imidazole rings is 2. The van der Waals surface area contributed by atoms with Crippen LogP contribution in [0.4, 0.5) is 0 Å². The Balaban J connectivity index is 1.06. The SMILES string of the molecule is c1ccc(-c2ccc3c(c2-c2ccccc2)c2ccc(Oc4ccc5c(c4)c4nccn4c4ccc(-c6ccccc6)c(-c6ccccc6)c54)cc2c2nccn32)cc1. The molecule has 0 saturated heterocycles. The van der Waals surface area contributed by atoms with E-state index in [1.54, 1.807) is 0 Å². The zero-order valence-electron chi connectivity index (χ0n) is 31.8. The van der Waals surface area contributed by atoms with E-state index in [0.29, 0.717) is 0 Å². The molecular weight excluding hydrogens is 721 g/mol. The minimum atomic E-state index is 0.734. The molecule has 8 aromatic carbocycles. The first-order valence-corrected chi connectivity index (χ1v) is 19.9. The molecule has 0 aliphatic carbocycles. The normalized spacial score (nSPS) is 11.7. The van der Waals surface area contributed by atoms with Crippen LogP contribution in [-0.4, -0.2) is 18.8 Å². The van der Waals surface area contributed by atoms with Crippen LogP contribution in [0, 0.1) is 0 Å². The van der Waals surface area contributed by atoms with Gasteiger partial charge in [0.2, 0.25) is 0 Å². The number of benzene rings is 8. The minimum absolute atomic E-state index is 0.734. The Morgan fingerprint density at radius 1 is 0.356 bits per heavy atom. The molecule has 4 aromatic heterocycles. The van der Waals surface area contributed by atoms with Crippen LogP contribution < -0.4 is 4.74 Å². The lowest BCUT2D eigenvalue weighted by molar-refractivity contribution is 0.484. The molecule has 0 spiro atoms. The van der Waals surface area contributed by atoms with Gasteiger partial charge < -0.3 is 4.74 Å². The first kappa shape index (κ1) is 33.2. The highest BCUT2D eigenvalue weighted by atomic mass is 16.5. The van der Waals surface area contributed by atoms with Crippen LogP contribution in [0.15, 0.2) is 207 Å². The van der Waals surface area contributed by atoms with Gasteiger partial charge in [-0.3, -0.25) is 8.80 Å². The van der Waals surface area contributed by atoms with Crippen molar-refractivity contribution in [3.63, 3.8) is 0 Å². The monoisotopic (exact) mass is 754 g/mol. The summed E-state index contributed by atoms with van der Waals surface area (Å²) in [6.45, 7) is 0. The molecule has 0 amide bonds. The van der Waals surface area contributed by atoms with E-state index in [0.717, 1.165) is 55.4 Å². The maximum absolute atomic E-state index is 6.81. The molecule has 12 rings (SSSR count). The summed E-state index contributed by atoms with van der Waals surface area (Å²) in [5.41, 5.74) is 13.4. The fourth-order valence-electron chi connectivity index (χ4n) is 9.17. The topological polar surface area (TPSA) is 43.8 Å². The van der Waals surface area contributed by atoms with Gasteiger partial charge in [-0.2, -0.15) is 0 Å². The summed E-state index contributed by atoms with van der Waals surface area (Å²) >= 11 is 0. The van der Waals surface area contributed by atoms with E-state index in [4.69, 9.17) is 14.7 Å². The third-order valence-electron chi connectivity index (χ3n) is 11.7. The number of nitrogens with zero attached hydrogens (tertiary/aromatic N) is 4. The summed E-state index contributed by atoms with van der Waals surface area (Å²) in [7, 11) is 0. The van der Waals surface area contributed by atoms with E-state index in [1.165, 1.54) is 55.3 Å². The van der Waals surface area contributed by atoms with Gasteiger partial charge in [0.05, 0.1) is 11.0 Å². The molecule has 5 nitrogen and oxygen atoms in total. The molecule has 0 aliphatic rings. The van der Waals surface area contributed by atoms with Crippen LogP contribution >= 0.6 is 0 Å². The quantitative estimate of drug-likeness (QED) is 0.159. The number of hydrogen-bond donors (Lipinski definition) is 0. The highest BCUT2D eigenvalue weighted by molar-refractivity contribution is 6.21. The van der Waals surface area contributed by atoms with Crippen LogP contribution in [0.5, 0.6) is 11.5 Å². The van der Waals surface area contributed by atoms with Gasteiger partial charge in [-0.1, -0.05) is 133 Å². The van der Waals surface area contributed by atoms with Crippen LogP contribution in [0.3, 0.4) is 0 Å². The molecule has 5 heteroatoms. The predicted octanol–water partition coefficient (Wildman–Crippen LogP) is 14.1. The Labute approximate surface area is 339 Å². The number of hydrogen-bond acceptors (Lipinski definition) is 3. The van der Waals surface area contributed by atoms with Crippen LogP contribution in [0.25, 0.3) is 99.2 Å². The first-order chi connectivity index (χ1) is 29.3. The summed E-state index contributed by atoms with van der Waals surface area (Å²) in [6.07, 6.45) is 7.87. The molecule has 59 heavy (non-hydrogen) atoms. The van der Waals surface area contributed by atoms with Crippen LogP contribution in [0.2, 0.25) is 0 Å². The van der Waals surface area contributed by atoms with Crippen molar-refractivity contribution in [2.45, 2.75) is 0 Å². The highest BCUT2D eigenvalue weighted by Gasteiger charge is 2.21. The molecule has 0 unspecified atom stereocenters. The summed E-state index contributed by atoms with van der Waals surface area (Å²) in [5.74, 6) is 1.47. The molecule has 0 atom stereocenters.